The Morgan fingerprint density at radius 2 is 1.82 bits per heavy atom. The van der Waals surface area contributed by atoms with Crippen molar-refractivity contribution in [2.24, 2.45) is 0 Å². The summed E-state index contributed by atoms with van der Waals surface area (Å²) in [7, 11) is 1.31. The van der Waals surface area contributed by atoms with Crippen LogP contribution in [0.4, 0.5) is 5.69 Å². The van der Waals surface area contributed by atoms with Crippen molar-refractivity contribution >= 4 is 40.8 Å². The van der Waals surface area contributed by atoms with Crippen LogP contribution in [0.25, 0.3) is 0 Å². The SMILES string of the molecule is COC(=O)c1cccc(NC(=O)c2ccc(Cl)cc2Cl)c1C. The number of hydrogen-bond acceptors (Lipinski definition) is 3. The Morgan fingerprint density at radius 1 is 1.09 bits per heavy atom. The number of carbonyl (C=O) groups is 2. The summed E-state index contributed by atoms with van der Waals surface area (Å²) < 4.78 is 4.71. The molecule has 22 heavy (non-hydrogen) atoms. The highest BCUT2D eigenvalue weighted by atomic mass is 35.5. The van der Waals surface area contributed by atoms with Crippen molar-refractivity contribution in [1.82, 2.24) is 0 Å². The van der Waals surface area contributed by atoms with E-state index in [0.717, 1.165) is 0 Å². The van der Waals surface area contributed by atoms with E-state index >= 15 is 0 Å². The Morgan fingerprint density at radius 3 is 2.45 bits per heavy atom. The molecule has 1 N–H and O–H groups in total. The smallest absolute Gasteiger partial charge is 0.338 e. The highest BCUT2D eigenvalue weighted by Gasteiger charge is 2.15. The number of esters is 1. The number of carbonyl (C=O) groups excluding carboxylic acids is 2. The van der Waals surface area contributed by atoms with Crippen LogP contribution >= 0.6 is 23.2 Å². The van der Waals surface area contributed by atoms with Crippen LogP contribution in [0.5, 0.6) is 0 Å². The minimum absolute atomic E-state index is 0.256. The first-order valence-electron chi connectivity index (χ1n) is 6.38. The van der Waals surface area contributed by atoms with Gasteiger partial charge in [-0.05, 0) is 42.8 Å². The lowest BCUT2D eigenvalue weighted by Gasteiger charge is -2.12. The quantitative estimate of drug-likeness (QED) is 0.847. The highest BCUT2D eigenvalue weighted by Crippen LogP contribution is 2.24. The van der Waals surface area contributed by atoms with Crippen molar-refractivity contribution in [2.45, 2.75) is 6.92 Å². The van der Waals surface area contributed by atoms with E-state index in [4.69, 9.17) is 27.9 Å². The van der Waals surface area contributed by atoms with Crippen LogP contribution in [0.3, 0.4) is 0 Å². The number of anilines is 1. The monoisotopic (exact) mass is 337 g/mol. The Bertz CT molecular complexity index is 744. The molecule has 0 radical (unpaired) electrons. The van der Waals surface area contributed by atoms with Crippen LogP contribution in [0, 0.1) is 6.92 Å². The van der Waals surface area contributed by atoms with Crippen LogP contribution in [0.1, 0.15) is 26.3 Å². The molecule has 0 aromatic heterocycles. The van der Waals surface area contributed by atoms with E-state index in [0.29, 0.717) is 27.4 Å². The molecule has 0 atom stereocenters. The highest BCUT2D eigenvalue weighted by molar-refractivity contribution is 6.37. The Kier molecular flexibility index (Phi) is 5.06. The first-order valence-corrected chi connectivity index (χ1v) is 7.14. The van der Waals surface area contributed by atoms with Crippen molar-refractivity contribution in [1.29, 1.82) is 0 Å². The first kappa shape index (κ1) is 16.3. The minimum Gasteiger partial charge on any atom is -0.465 e. The van der Waals surface area contributed by atoms with Crippen molar-refractivity contribution in [3.63, 3.8) is 0 Å². The van der Waals surface area contributed by atoms with Gasteiger partial charge in [-0.3, -0.25) is 4.79 Å². The molecule has 0 spiro atoms. The number of halogens is 2. The van der Waals surface area contributed by atoms with Crippen LogP contribution in [0.2, 0.25) is 10.0 Å². The van der Waals surface area contributed by atoms with Crippen LogP contribution in [-0.2, 0) is 4.74 Å². The maximum absolute atomic E-state index is 12.3. The van der Waals surface area contributed by atoms with Crippen molar-refractivity contribution in [3.05, 3.63) is 63.1 Å². The number of methoxy groups -OCH3 is 1. The zero-order valence-electron chi connectivity index (χ0n) is 11.9. The van der Waals surface area contributed by atoms with E-state index < -0.39 is 5.97 Å². The van der Waals surface area contributed by atoms with Gasteiger partial charge < -0.3 is 10.1 Å². The third-order valence-corrected chi connectivity index (χ3v) is 3.71. The van der Waals surface area contributed by atoms with E-state index in [1.54, 1.807) is 37.3 Å². The lowest BCUT2D eigenvalue weighted by molar-refractivity contribution is 0.0599. The molecule has 2 rings (SSSR count). The van der Waals surface area contributed by atoms with Gasteiger partial charge in [0.2, 0.25) is 0 Å². The summed E-state index contributed by atoms with van der Waals surface area (Å²) in [5.74, 6) is -0.843. The van der Waals surface area contributed by atoms with Gasteiger partial charge in [0, 0.05) is 10.7 Å². The topological polar surface area (TPSA) is 55.4 Å². The van der Waals surface area contributed by atoms with Crippen LogP contribution in [-0.4, -0.2) is 19.0 Å². The fraction of sp³-hybridized carbons (Fsp3) is 0.125. The zero-order valence-corrected chi connectivity index (χ0v) is 13.5. The molecule has 0 aliphatic heterocycles. The summed E-state index contributed by atoms with van der Waals surface area (Å²) in [6.07, 6.45) is 0. The second kappa shape index (κ2) is 6.81. The van der Waals surface area contributed by atoms with Gasteiger partial charge in [-0.2, -0.15) is 0 Å². The van der Waals surface area contributed by atoms with E-state index in [2.05, 4.69) is 5.32 Å². The standard InChI is InChI=1S/C16H13Cl2NO3/c1-9-11(16(21)22-2)4-3-5-14(9)19-15(20)12-7-6-10(17)8-13(12)18/h3-8H,1-2H3,(H,19,20). The second-order valence-corrected chi connectivity index (χ2v) is 5.39. The summed E-state index contributed by atoms with van der Waals surface area (Å²) in [5.41, 5.74) is 1.82. The maximum Gasteiger partial charge on any atom is 0.338 e. The van der Waals surface area contributed by atoms with Crippen LogP contribution in [0.15, 0.2) is 36.4 Å². The van der Waals surface area contributed by atoms with E-state index in [-0.39, 0.29) is 10.9 Å². The van der Waals surface area contributed by atoms with Gasteiger partial charge in [0.15, 0.2) is 0 Å². The van der Waals surface area contributed by atoms with Crippen LogP contribution < -0.4 is 5.32 Å². The zero-order chi connectivity index (χ0) is 16.3. The lowest BCUT2D eigenvalue weighted by Crippen LogP contribution is -2.15. The normalized spacial score (nSPS) is 10.2. The van der Waals surface area contributed by atoms with Crippen molar-refractivity contribution in [2.75, 3.05) is 12.4 Å². The number of ether oxygens (including phenoxy) is 1. The summed E-state index contributed by atoms with van der Waals surface area (Å²) in [6.45, 7) is 1.73. The van der Waals surface area contributed by atoms with E-state index in [9.17, 15) is 9.59 Å². The Hall–Kier alpha value is -2.04. The summed E-state index contributed by atoms with van der Waals surface area (Å²) in [6, 6.07) is 9.61. The average molecular weight is 338 g/mol. The fourth-order valence-electron chi connectivity index (χ4n) is 1.97. The van der Waals surface area contributed by atoms with Gasteiger partial charge in [0.1, 0.15) is 0 Å². The average Bonchev–Trinajstić information content (AvgIpc) is 2.48. The first-order chi connectivity index (χ1) is 10.4. The molecule has 0 fully saturated rings. The molecule has 0 saturated heterocycles. The van der Waals surface area contributed by atoms with Crippen molar-refractivity contribution < 1.29 is 14.3 Å². The van der Waals surface area contributed by atoms with Crippen molar-refractivity contribution in [3.8, 4) is 0 Å². The molecule has 1 amide bonds. The summed E-state index contributed by atoms with van der Waals surface area (Å²) in [4.78, 5) is 24.0. The number of benzene rings is 2. The molecule has 0 unspecified atom stereocenters. The Balaban J connectivity index is 2.31. The molecule has 0 aliphatic carbocycles. The largest absolute Gasteiger partial charge is 0.465 e. The second-order valence-electron chi connectivity index (χ2n) is 4.55. The molecule has 6 heteroatoms. The molecule has 0 bridgehead atoms. The molecular weight excluding hydrogens is 325 g/mol. The Labute approximate surface area is 138 Å². The van der Waals surface area contributed by atoms with Gasteiger partial charge in [-0.1, -0.05) is 29.3 Å². The van der Waals surface area contributed by atoms with Gasteiger partial charge in [-0.25, -0.2) is 4.79 Å². The number of hydrogen-bond donors (Lipinski definition) is 1. The van der Waals surface area contributed by atoms with E-state index in [1.165, 1.54) is 13.2 Å². The molecule has 2 aromatic carbocycles. The van der Waals surface area contributed by atoms with Gasteiger partial charge in [0.05, 0.1) is 23.3 Å². The molecule has 0 aliphatic rings. The third kappa shape index (κ3) is 3.40. The third-order valence-electron chi connectivity index (χ3n) is 3.16. The number of rotatable bonds is 3. The minimum atomic E-state index is -0.460. The summed E-state index contributed by atoms with van der Waals surface area (Å²) >= 11 is 11.8. The molecule has 4 nitrogen and oxygen atoms in total. The molecule has 2 aromatic rings. The number of amides is 1. The fourth-order valence-corrected chi connectivity index (χ4v) is 2.46. The van der Waals surface area contributed by atoms with E-state index in [1.807, 2.05) is 0 Å². The van der Waals surface area contributed by atoms with Gasteiger partial charge >= 0.3 is 5.97 Å². The lowest BCUT2D eigenvalue weighted by atomic mass is 10.1. The predicted octanol–water partition coefficient (Wildman–Crippen LogP) is 4.34. The maximum atomic E-state index is 12.3. The van der Waals surface area contributed by atoms with Gasteiger partial charge in [0.25, 0.3) is 5.91 Å². The van der Waals surface area contributed by atoms with Gasteiger partial charge in [-0.15, -0.1) is 0 Å². The summed E-state index contributed by atoms with van der Waals surface area (Å²) in [5, 5.41) is 3.44. The molecular formula is C16H13Cl2NO3. The molecule has 0 saturated carbocycles. The molecule has 0 heterocycles. The predicted molar refractivity (Wildman–Crippen MR) is 86.9 cm³/mol. The number of nitrogens with one attached hydrogen (secondary N) is 1. The molecule has 114 valence electrons.